The average Bonchev–Trinajstić information content (AvgIpc) is 3.22. The number of fused-ring (bicyclic) bond motifs is 3. The van der Waals surface area contributed by atoms with Crippen molar-refractivity contribution in [2.24, 2.45) is 0 Å². The van der Waals surface area contributed by atoms with E-state index in [2.05, 4.69) is 18.2 Å². The summed E-state index contributed by atoms with van der Waals surface area (Å²) < 4.78 is 28.8. The van der Waals surface area contributed by atoms with E-state index < -0.39 is 15.9 Å². The number of hydrogen-bond donors (Lipinski definition) is 0. The molecule has 6 heteroatoms. The van der Waals surface area contributed by atoms with Gasteiger partial charge in [0.25, 0.3) is 0 Å². The maximum atomic E-state index is 12.5. The Balaban J connectivity index is 1.46. The van der Waals surface area contributed by atoms with Crippen LogP contribution in [0.4, 0.5) is 4.79 Å². The topological polar surface area (TPSA) is 63.7 Å². The predicted octanol–water partition coefficient (Wildman–Crippen LogP) is 3.40. The highest BCUT2D eigenvalue weighted by molar-refractivity contribution is 7.90. The number of likely N-dealkylation sites (tertiary alicyclic amines) is 1. The molecule has 2 aromatic rings. The van der Waals surface area contributed by atoms with Gasteiger partial charge in [0, 0.05) is 18.8 Å². The van der Waals surface area contributed by atoms with E-state index in [0.29, 0.717) is 13.0 Å². The van der Waals surface area contributed by atoms with Crippen molar-refractivity contribution in [3.05, 3.63) is 59.2 Å². The van der Waals surface area contributed by atoms with Crippen molar-refractivity contribution in [3.8, 4) is 11.1 Å². The Morgan fingerprint density at radius 1 is 1.15 bits per heavy atom. The molecule has 0 N–H and O–H groups in total. The van der Waals surface area contributed by atoms with Crippen molar-refractivity contribution in [3.63, 3.8) is 0 Å². The third-order valence-corrected chi connectivity index (χ3v) is 6.40. The summed E-state index contributed by atoms with van der Waals surface area (Å²) in [6.07, 6.45) is 3.15. The molecule has 1 heterocycles. The lowest BCUT2D eigenvalue weighted by Crippen LogP contribution is -2.39. The minimum atomic E-state index is -3.13. The molecule has 142 valence electrons. The number of hydrogen-bond acceptors (Lipinski definition) is 4. The van der Waals surface area contributed by atoms with Gasteiger partial charge >= 0.3 is 6.09 Å². The number of carbonyl (C=O) groups is 1. The molecule has 0 aromatic heterocycles. The monoisotopic (exact) mass is 385 g/mol. The molecule has 1 fully saturated rings. The van der Waals surface area contributed by atoms with Crippen molar-refractivity contribution >= 4 is 15.9 Å². The fraction of sp³-hybridized carbons (Fsp3) is 0.381. The number of sulfone groups is 1. The van der Waals surface area contributed by atoms with Gasteiger partial charge in [-0.15, -0.1) is 0 Å². The molecular weight excluding hydrogens is 362 g/mol. The Morgan fingerprint density at radius 2 is 1.93 bits per heavy atom. The summed E-state index contributed by atoms with van der Waals surface area (Å²) in [5, 5.41) is 0. The molecule has 0 bridgehead atoms. The van der Waals surface area contributed by atoms with Gasteiger partial charge < -0.3 is 9.64 Å². The lowest BCUT2D eigenvalue weighted by Gasteiger charge is -2.23. The first-order valence-corrected chi connectivity index (χ1v) is 11.3. The van der Waals surface area contributed by atoms with Crippen LogP contribution < -0.4 is 0 Å². The first kappa shape index (κ1) is 18.0. The fourth-order valence-electron chi connectivity index (χ4n) is 4.18. The van der Waals surface area contributed by atoms with Crippen LogP contribution in [0.2, 0.25) is 0 Å². The Labute approximate surface area is 159 Å². The van der Waals surface area contributed by atoms with Gasteiger partial charge in [-0.2, -0.15) is 0 Å². The normalized spacial score (nSPS) is 18.3. The van der Waals surface area contributed by atoms with Gasteiger partial charge in [-0.3, -0.25) is 0 Å². The molecule has 1 atom stereocenters. The molecule has 1 saturated heterocycles. The second-order valence-corrected chi connectivity index (χ2v) is 9.60. The molecular formula is C21H23NO4S. The molecule has 0 saturated carbocycles. The largest absolute Gasteiger partial charge is 0.445 e. The van der Waals surface area contributed by atoms with Gasteiger partial charge in [-0.05, 0) is 47.1 Å². The Bertz CT molecular complexity index is 983. The zero-order chi connectivity index (χ0) is 19.0. The standard InChI is InChI=1S/C21H23NO4S/c1-27(24,25)14-17-8-5-11-22(17)21(23)26-13-16-7-4-10-19-18-9-3-2-6-15(18)12-20(16)19/h2-4,6-7,9-10,17H,5,8,11-14H2,1H3. The zero-order valence-electron chi connectivity index (χ0n) is 15.3. The summed E-state index contributed by atoms with van der Waals surface area (Å²) in [6.45, 7) is 0.759. The summed E-state index contributed by atoms with van der Waals surface area (Å²) in [7, 11) is -3.13. The zero-order valence-corrected chi connectivity index (χ0v) is 16.2. The van der Waals surface area contributed by atoms with Crippen LogP contribution in [0.3, 0.4) is 0 Å². The van der Waals surface area contributed by atoms with E-state index in [-0.39, 0.29) is 18.4 Å². The van der Waals surface area contributed by atoms with Crippen LogP contribution in [0.5, 0.6) is 0 Å². The molecule has 5 nitrogen and oxygen atoms in total. The van der Waals surface area contributed by atoms with Gasteiger partial charge in [0.2, 0.25) is 0 Å². The molecule has 2 aliphatic rings. The number of rotatable bonds is 4. The molecule has 1 unspecified atom stereocenters. The van der Waals surface area contributed by atoms with E-state index in [1.54, 1.807) is 4.90 Å². The van der Waals surface area contributed by atoms with Crippen LogP contribution in [-0.4, -0.2) is 44.0 Å². The van der Waals surface area contributed by atoms with E-state index in [4.69, 9.17) is 4.74 Å². The van der Waals surface area contributed by atoms with Crippen LogP contribution in [0, 0.1) is 0 Å². The van der Waals surface area contributed by atoms with E-state index in [9.17, 15) is 13.2 Å². The first-order valence-electron chi connectivity index (χ1n) is 9.22. The van der Waals surface area contributed by atoms with E-state index in [1.165, 1.54) is 28.5 Å². The summed E-state index contributed by atoms with van der Waals surface area (Å²) in [6, 6.07) is 14.1. The summed E-state index contributed by atoms with van der Waals surface area (Å²) in [5.74, 6) is -0.00184. The van der Waals surface area contributed by atoms with Crippen LogP contribution in [0.1, 0.15) is 29.5 Å². The quantitative estimate of drug-likeness (QED) is 0.690. The van der Waals surface area contributed by atoms with E-state index in [0.717, 1.165) is 18.4 Å². The highest BCUT2D eigenvalue weighted by Gasteiger charge is 2.32. The number of ether oxygens (including phenoxy) is 1. The molecule has 2 aromatic carbocycles. The third kappa shape index (κ3) is 3.72. The van der Waals surface area contributed by atoms with Gasteiger partial charge in [-0.25, -0.2) is 13.2 Å². The van der Waals surface area contributed by atoms with Crippen LogP contribution in [-0.2, 0) is 27.6 Å². The van der Waals surface area contributed by atoms with Crippen molar-refractivity contribution in [1.82, 2.24) is 4.90 Å². The summed E-state index contributed by atoms with van der Waals surface area (Å²) in [5.41, 5.74) is 5.96. The van der Waals surface area contributed by atoms with Gasteiger partial charge in [0.15, 0.2) is 0 Å². The van der Waals surface area contributed by atoms with Crippen molar-refractivity contribution in [2.75, 3.05) is 18.6 Å². The minimum absolute atomic E-state index is 0.00184. The summed E-state index contributed by atoms with van der Waals surface area (Å²) >= 11 is 0. The second kappa shape index (κ2) is 7.00. The number of benzene rings is 2. The van der Waals surface area contributed by atoms with Gasteiger partial charge in [0.05, 0.1) is 5.75 Å². The van der Waals surface area contributed by atoms with Crippen molar-refractivity contribution < 1.29 is 17.9 Å². The minimum Gasteiger partial charge on any atom is -0.445 e. The Kier molecular flexibility index (Phi) is 4.68. The second-order valence-electron chi connectivity index (χ2n) is 7.41. The maximum Gasteiger partial charge on any atom is 0.410 e. The first-order chi connectivity index (χ1) is 12.9. The number of nitrogens with zero attached hydrogens (tertiary/aromatic N) is 1. The molecule has 0 spiro atoms. The van der Waals surface area contributed by atoms with Gasteiger partial charge in [-0.1, -0.05) is 42.5 Å². The van der Waals surface area contributed by atoms with Crippen LogP contribution >= 0.6 is 0 Å². The van der Waals surface area contributed by atoms with Gasteiger partial charge in [0.1, 0.15) is 16.4 Å². The molecule has 1 aliphatic carbocycles. The summed E-state index contributed by atoms with van der Waals surface area (Å²) in [4.78, 5) is 14.1. The lowest BCUT2D eigenvalue weighted by molar-refractivity contribution is 0.0947. The molecule has 27 heavy (non-hydrogen) atoms. The number of amides is 1. The average molecular weight is 385 g/mol. The molecule has 1 aliphatic heterocycles. The fourth-order valence-corrected chi connectivity index (χ4v) is 5.23. The third-order valence-electron chi connectivity index (χ3n) is 5.41. The SMILES string of the molecule is CS(=O)(=O)CC1CCCN1C(=O)OCc1cccc2c1Cc1ccccc1-2. The molecule has 4 rings (SSSR count). The lowest BCUT2D eigenvalue weighted by atomic mass is 10.0. The van der Waals surface area contributed by atoms with Crippen LogP contribution in [0.15, 0.2) is 42.5 Å². The molecule has 0 radical (unpaired) electrons. The van der Waals surface area contributed by atoms with E-state index in [1.807, 2.05) is 24.3 Å². The highest BCUT2D eigenvalue weighted by atomic mass is 32.2. The smallest absolute Gasteiger partial charge is 0.410 e. The highest BCUT2D eigenvalue weighted by Crippen LogP contribution is 2.38. The van der Waals surface area contributed by atoms with E-state index >= 15 is 0 Å². The number of carbonyl (C=O) groups excluding carboxylic acids is 1. The Hall–Kier alpha value is -2.34. The molecule has 1 amide bonds. The van der Waals surface area contributed by atoms with Crippen LogP contribution in [0.25, 0.3) is 11.1 Å². The Morgan fingerprint density at radius 3 is 2.74 bits per heavy atom. The maximum absolute atomic E-state index is 12.5. The van der Waals surface area contributed by atoms with Crippen molar-refractivity contribution in [1.29, 1.82) is 0 Å². The predicted molar refractivity (Wildman–Crippen MR) is 104 cm³/mol. The van der Waals surface area contributed by atoms with Crippen molar-refractivity contribution in [2.45, 2.75) is 31.9 Å².